The Bertz CT molecular complexity index is 1380. The van der Waals surface area contributed by atoms with Crippen LogP contribution in [0.2, 0.25) is 0 Å². The highest BCUT2D eigenvalue weighted by Gasteiger charge is 2.30. The Morgan fingerprint density at radius 1 is 0.805 bits per heavy atom. The van der Waals surface area contributed by atoms with Crippen LogP contribution in [0.25, 0.3) is 10.9 Å². The number of likely N-dealkylation sites (tertiary alicyclic amines) is 1. The third kappa shape index (κ3) is 6.21. The number of hydrogen-bond acceptors (Lipinski definition) is 9. The van der Waals surface area contributed by atoms with Crippen molar-refractivity contribution in [3.63, 3.8) is 0 Å². The summed E-state index contributed by atoms with van der Waals surface area (Å²) < 4.78 is 22.4. The first kappa shape index (κ1) is 28.6. The molecule has 0 spiro atoms. The van der Waals surface area contributed by atoms with Crippen LogP contribution >= 0.6 is 0 Å². The Morgan fingerprint density at radius 3 is 2.05 bits per heavy atom. The fourth-order valence-corrected chi connectivity index (χ4v) is 5.58. The molecule has 1 aromatic heterocycles. The van der Waals surface area contributed by atoms with Gasteiger partial charge in [0.05, 0.1) is 32.5 Å². The first-order chi connectivity index (χ1) is 19.7. The first-order valence-electron chi connectivity index (χ1n) is 14.2. The van der Waals surface area contributed by atoms with Crippen molar-refractivity contribution in [2.75, 3.05) is 70.4 Å². The van der Waals surface area contributed by atoms with Crippen LogP contribution < -0.4 is 24.0 Å². The molecule has 2 fully saturated rings. The van der Waals surface area contributed by atoms with E-state index in [4.69, 9.17) is 28.9 Å². The summed E-state index contributed by atoms with van der Waals surface area (Å²) in [5.41, 5.74) is 1.41. The van der Waals surface area contributed by atoms with Gasteiger partial charge in [-0.1, -0.05) is 12.1 Å². The number of carbonyl (C=O) groups excluding carboxylic acids is 1. The number of carbonyl (C=O) groups is 1. The lowest BCUT2D eigenvalue weighted by molar-refractivity contribution is 0.0203. The maximum atomic E-state index is 12.6. The largest absolute Gasteiger partial charge is 0.495 e. The van der Waals surface area contributed by atoms with Gasteiger partial charge in [0, 0.05) is 56.6 Å². The van der Waals surface area contributed by atoms with E-state index in [1.807, 2.05) is 51.1 Å². The van der Waals surface area contributed by atoms with Crippen molar-refractivity contribution in [3.8, 4) is 17.2 Å². The Morgan fingerprint density at radius 2 is 1.41 bits per heavy atom. The zero-order valence-electron chi connectivity index (χ0n) is 25.0. The molecule has 2 aromatic carbocycles. The molecule has 0 aliphatic carbocycles. The molecule has 220 valence electrons. The number of fused-ring (bicyclic) bond motifs is 1. The van der Waals surface area contributed by atoms with Crippen molar-refractivity contribution < 1.29 is 23.7 Å². The number of amides is 1. The van der Waals surface area contributed by atoms with Crippen molar-refractivity contribution in [1.29, 1.82) is 0 Å². The van der Waals surface area contributed by atoms with Gasteiger partial charge < -0.3 is 33.6 Å². The van der Waals surface area contributed by atoms with Gasteiger partial charge in [0.15, 0.2) is 11.5 Å². The fraction of sp³-hybridized carbons (Fsp3) is 0.516. The minimum Gasteiger partial charge on any atom is -0.495 e. The van der Waals surface area contributed by atoms with E-state index in [1.165, 1.54) is 0 Å². The Kier molecular flexibility index (Phi) is 8.28. The summed E-state index contributed by atoms with van der Waals surface area (Å²) in [6.45, 7) is 10.2. The second-order valence-corrected chi connectivity index (χ2v) is 11.5. The van der Waals surface area contributed by atoms with Crippen LogP contribution in [-0.4, -0.2) is 87.2 Å². The number of piperidine rings is 1. The molecule has 1 amide bonds. The van der Waals surface area contributed by atoms with Gasteiger partial charge in [0.2, 0.25) is 0 Å². The molecule has 10 heteroatoms. The number of ether oxygens (including phenoxy) is 4. The van der Waals surface area contributed by atoms with Gasteiger partial charge in [0.25, 0.3) is 0 Å². The molecule has 3 heterocycles. The van der Waals surface area contributed by atoms with Crippen molar-refractivity contribution >= 4 is 28.5 Å². The third-order valence-electron chi connectivity index (χ3n) is 7.72. The molecule has 0 radical (unpaired) electrons. The van der Waals surface area contributed by atoms with E-state index >= 15 is 0 Å². The molecule has 10 nitrogen and oxygen atoms in total. The number of anilines is 2. The highest BCUT2D eigenvalue weighted by atomic mass is 16.6. The van der Waals surface area contributed by atoms with E-state index in [2.05, 4.69) is 15.9 Å². The average Bonchev–Trinajstić information content (AvgIpc) is 2.99. The monoisotopic (exact) mass is 563 g/mol. The molecule has 0 unspecified atom stereocenters. The van der Waals surface area contributed by atoms with Gasteiger partial charge in [-0.25, -0.2) is 14.8 Å². The van der Waals surface area contributed by atoms with Crippen LogP contribution in [0.1, 0.15) is 45.4 Å². The molecule has 2 aliphatic rings. The molecule has 0 N–H and O–H groups in total. The van der Waals surface area contributed by atoms with Crippen molar-refractivity contribution in [1.82, 2.24) is 14.9 Å². The molecule has 0 atom stereocenters. The van der Waals surface area contributed by atoms with Gasteiger partial charge in [-0.2, -0.15) is 0 Å². The van der Waals surface area contributed by atoms with Crippen LogP contribution in [-0.2, 0) is 4.74 Å². The van der Waals surface area contributed by atoms with Gasteiger partial charge in [-0.05, 0) is 51.8 Å². The number of para-hydroxylation sites is 2. The van der Waals surface area contributed by atoms with E-state index in [1.54, 1.807) is 26.2 Å². The maximum Gasteiger partial charge on any atom is 0.410 e. The maximum absolute atomic E-state index is 12.6. The smallest absolute Gasteiger partial charge is 0.410 e. The molecule has 0 bridgehead atoms. The van der Waals surface area contributed by atoms with E-state index < -0.39 is 5.60 Å². The molecular formula is C31H41N5O5. The SMILES string of the molecule is COc1cc2nc(C3CCN(C(=O)OC(C)(C)C)CC3)nc(N3CCN(c4ccccc4OC)CC3)c2cc1OC. The Balaban J connectivity index is 1.42. The summed E-state index contributed by atoms with van der Waals surface area (Å²) in [6, 6.07) is 12.1. The molecule has 5 rings (SSSR count). The minimum absolute atomic E-state index is 0.139. The van der Waals surface area contributed by atoms with Crippen LogP contribution in [0.15, 0.2) is 36.4 Å². The molecule has 2 saturated heterocycles. The van der Waals surface area contributed by atoms with Gasteiger partial charge in [0.1, 0.15) is 23.0 Å². The topological polar surface area (TPSA) is 89.5 Å². The van der Waals surface area contributed by atoms with E-state index in [0.29, 0.717) is 24.6 Å². The summed E-state index contributed by atoms with van der Waals surface area (Å²) >= 11 is 0. The predicted molar refractivity (Wildman–Crippen MR) is 160 cm³/mol. The van der Waals surface area contributed by atoms with Crippen LogP contribution in [0.3, 0.4) is 0 Å². The number of benzene rings is 2. The molecule has 0 saturated carbocycles. The van der Waals surface area contributed by atoms with Crippen molar-refractivity contribution in [2.45, 2.75) is 45.1 Å². The zero-order valence-corrected chi connectivity index (χ0v) is 25.0. The van der Waals surface area contributed by atoms with E-state index in [-0.39, 0.29) is 12.0 Å². The number of rotatable bonds is 6. The number of methoxy groups -OCH3 is 3. The first-order valence-corrected chi connectivity index (χ1v) is 14.2. The van der Waals surface area contributed by atoms with Crippen LogP contribution in [0.5, 0.6) is 17.2 Å². The fourth-order valence-electron chi connectivity index (χ4n) is 5.58. The summed E-state index contributed by atoms with van der Waals surface area (Å²) in [4.78, 5) is 29.3. The standard InChI is InChI=1S/C31H41N5O5/c1-31(2,3)41-30(37)36-13-11-21(12-14-36)28-32-23-20-27(40-6)26(39-5)19-22(23)29(33-28)35-17-15-34(16-18-35)24-9-7-8-10-25(24)38-4/h7-10,19-21H,11-18H2,1-6H3. The third-order valence-corrected chi connectivity index (χ3v) is 7.72. The summed E-state index contributed by atoms with van der Waals surface area (Å²) in [7, 11) is 4.99. The Labute approximate surface area is 242 Å². The summed E-state index contributed by atoms with van der Waals surface area (Å²) in [6.07, 6.45) is 1.29. The number of piperazine rings is 1. The van der Waals surface area contributed by atoms with Crippen LogP contribution in [0, 0.1) is 0 Å². The van der Waals surface area contributed by atoms with Gasteiger partial charge in [-0.3, -0.25) is 0 Å². The van der Waals surface area contributed by atoms with Crippen LogP contribution in [0.4, 0.5) is 16.3 Å². The van der Waals surface area contributed by atoms with Gasteiger partial charge in [-0.15, -0.1) is 0 Å². The lowest BCUT2D eigenvalue weighted by Crippen LogP contribution is -2.47. The second-order valence-electron chi connectivity index (χ2n) is 11.5. The summed E-state index contributed by atoms with van der Waals surface area (Å²) in [5, 5.41) is 0.934. The van der Waals surface area contributed by atoms with Gasteiger partial charge >= 0.3 is 6.09 Å². The molecule has 3 aromatic rings. The molecule has 2 aliphatic heterocycles. The zero-order chi connectivity index (χ0) is 29.1. The highest BCUT2D eigenvalue weighted by molar-refractivity contribution is 5.92. The quantitative estimate of drug-likeness (QED) is 0.407. The summed E-state index contributed by atoms with van der Waals surface area (Å²) in [5.74, 6) is 4.01. The average molecular weight is 564 g/mol. The molecule has 41 heavy (non-hydrogen) atoms. The normalized spacial score (nSPS) is 16.6. The molecular weight excluding hydrogens is 522 g/mol. The number of nitrogens with zero attached hydrogens (tertiary/aromatic N) is 5. The lowest BCUT2D eigenvalue weighted by Gasteiger charge is -2.38. The minimum atomic E-state index is -0.514. The van der Waals surface area contributed by atoms with E-state index in [9.17, 15) is 4.79 Å². The predicted octanol–water partition coefficient (Wildman–Crippen LogP) is 5.10. The second kappa shape index (κ2) is 11.9. The number of hydrogen-bond donors (Lipinski definition) is 0. The van der Waals surface area contributed by atoms with Crippen molar-refractivity contribution in [2.24, 2.45) is 0 Å². The highest BCUT2D eigenvalue weighted by Crippen LogP contribution is 2.38. The lowest BCUT2D eigenvalue weighted by atomic mass is 9.96. The van der Waals surface area contributed by atoms with E-state index in [0.717, 1.165) is 73.0 Å². The van der Waals surface area contributed by atoms with Crippen molar-refractivity contribution in [3.05, 3.63) is 42.2 Å². The Hall–Kier alpha value is -3.95. The number of aromatic nitrogens is 2.